The van der Waals surface area contributed by atoms with E-state index < -0.39 is 6.16 Å². The van der Waals surface area contributed by atoms with Crippen LogP contribution in [-0.4, -0.2) is 85.3 Å². The van der Waals surface area contributed by atoms with E-state index in [1.165, 1.54) is 0 Å². The average molecular weight is 302 g/mol. The van der Waals surface area contributed by atoms with Gasteiger partial charge < -0.3 is 10.2 Å². The van der Waals surface area contributed by atoms with E-state index in [0.717, 1.165) is 0 Å². The molecule has 2 N–H and O–H groups in total. The molecule has 0 atom stereocenters. The maximum Gasteiger partial charge on any atom is 0 e. The van der Waals surface area contributed by atoms with Crippen molar-refractivity contribution in [1.29, 1.82) is 0 Å². The molecule has 5 heteroatoms. The molecule has 6 heavy (non-hydrogen) atoms. The van der Waals surface area contributed by atoms with Crippen molar-refractivity contribution in [2.75, 3.05) is 0 Å². The summed E-state index contributed by atoms with van der Waals surface area (Å²) < 4.78 is 0. The zero-order valence-electron chi connectivity index (χ0n) is 2.12. The molecular weight excluding hydrogens is 299 g/mol. The van der Waals surface area contributed by atoms with Crippen molar-refractivity contribution in [1.82, 2.24) is 0 Å². The summed E-state index contributed by atoms with van der Waals surface area (Å²) in [6.07, 6.45) is -1.83. The van der Waals surface area contributed by atoms with E-state index in [1.54, 1.807) is 0 Å². The summed E-state index contributed by atoms with van der Waals surface area (Å²) in [5, 5.41) is 13.9. The van der Waals surface area contributed by atoms with Crippen LogP contribution in [0.1, 0.15) is 0 Å². The molecule has 0 amide bonds. The third kappa shape index (κ3) is 37.8. The summed E-state index contributed by atoms with van der Waals surface area (Å²) in [6, 6.07) is 0. The van der Waals surface area contributed by atoms with Gasteiger partial charge in [0.1, 0.15) is 0 Å². The Balaban J connectivity index is -0.0000000450. The monoisotopic (exact) mass is 302 g/mol. The van der Waals surface area contributed by atoms with Gasteiger partial charge in [-0.3, -0.25) is 0 Å². The second-order valence-electron chi connectivity index (χ2n) is 0.283. The van der Waals surface area contributed by atoms with Crippen LogP contribution in [-0.2, 0) is 20.4 Å². The van der Waals surface area contributed by atoms with Crippen LogP contribution < -0.4 is 0 Å². The first-order valence-corrected chi connectivity index (χ1v) is 0.651. The van der Waals surface area contributed by atoms with E-state index in [9.17, 15) is 0 Å². The van der Waals surface area contributed by atoms with E-state index in [1.807, 2.05) is 0 Å². The average Bonchev–Trinajstić information content (AvgIpc) is 0.811. The normalized spacial score (nSPS) is 4.00. The Hall–Kier alpha value is 1.98. The van der Waals surface area contributed by atoms with Crippen molar-refractivity contribution in [2.24, 2.45) is 0 Å². The molecule has 36 valence electrons. The van der Waals surface area contributed by atoms with Crippen molar-refractivity contribution in [3.63, 3.8) is 0 Å². The summed E-state index contributed by atoms with van der Waals surface area (Å²) in [7, 11) is 0. The summed E-state index contributed by atoms with van der Waals surface area (Å²) in [5.41, 5.74) is 0. The maximum atomic E-state index is 8.56. The quantitative estimate of drug-likeness (QED) is 0.597. The van der Waals surface area contributed by atoms with E-state index in [2.05, 4.69) is 0 Å². The molecule has 3 nitrogen and oxygen atoms in total. The molecule has 0 aliphatic rings. The van der Waals surface area contributed by atoms with Crippen molar-refractivity contribution >= 4 is 75.0 Å². The zero-order chi connectivity index (χ0) is 3.58. The van der Waals surface area contributed by atoms with Gasteiger partial charge >= 0.3 is 75.0 Å². The van der Waals surface area contributed by atoms with Gasteiger partial charge in [-0.2, -0.15) is 0 Å². The number of carboxylic acid groups (broad SMARTS) is 2. The number of rotatable bonds is 0. The van der Waals surface area contributed by atoms with Crippen LogP contribution in [0.4, 0.5) is 4.79 Å². The van der Waals surface area contributed by atoms with Gasteiger partial charge in [-0.05, 0) is 0 Å². The fourth-order valence-electron chi connectivity index (χ4n) is 0. The van der Waals surface area contributed by atoms with Crippen LogP contribution in [0, 0.1) is 0 Å². The smallest absolute Gasteiger partial charge is 0 e. The first-order valence-electron chi connectivity index (χ1n) is 0.651. The second-order valence-corrected chi connectivity index (χ2v) is 0.283. The van der Waals surface area contributed by atoms with Crippen molar-refractivity contribution in [3.8, 4) is 0 Å². The topological polar surface area (TPSA) is 57.5 Å². The van der Waals surface area contributed by atoms with Gasteiger partial charge in [0.05, 0.1) is 0 Å². The Labute approximate surface area is 108 Å². The standard InChI is InChI=1S/CH2O3.Cs.Pd.H/c2-1(3)4;;;/h(H2,2,3,4);;;. The third-order valence-electron chi connectivity index (χ3n) is 0. The Kier molecular flexibility index (Phi) is 26.3. The Morgan fingerprint density at radius 3 is 1.33 bits per heavy atom. The molecule has 0 saturated carbocycles. The van der Waals surface area contributed by atoms with Gasteiger partial charge in [0.15, 0.2) is 0 Å². The van der Waals surface area contributed by atoms with Crippen LogP contribution in [0.3, 0.4) is 0 Å². The minimum atomic E-state index is -1.83. The van der Waals surface area contributed by atoms with Crippen LogP contribution in [0.5, 0.6) is 0 Å². The minimum absolute atomic E-state index is 0. The SMILES string of the molecule is O=C(O)O.[CsH].[Pd]. The molecule has 0 aliphatic carbocycles. The molecule has 0 fully saturated rings. The number of hydrogen-bond donors (Lipinski definition) is 2. The maximum absolute atomic E-state index is 8.56. The van der Waals surface area contributed by atoms with Crippen LogP contribution in [0.2, 0.25) is 0 Å². The summed E-state index contributed by atoms with van der Waals surface area (Å²) >= 11 is 0. The molecule has 0 heterocycles. The van der Waals surface area contributed by atoms with Crippen molar-refractivity contribution in [2.45, 2.75) is 0 Å². The molecule has 0 spiro atoms. The Morgan fingerprint density at radius 2 is 1.33 bits per heavy atom. The fourth-order valence-corrected chi connectivity index (χ4v) is 0. The first-order chi connectivity index (χ1) is 1.73. The zero-order valence-corrected chi connectivity index (χ0v) is 3.67. The summed E-state index contributed by atoms with van der Waals surface area (Å²) in [4.78, 5) is 8.56. The molecule has 0 aromatic rings. The summed E-state index contributed by atoms with van der Waals surface area (Å²) in [5.74, 6) is 0. The van der Waals surface area contributed by atoms with Gasteiger partial charge in [0.2, 0.25) is 0 Å². The van der Waals surface area contributed by atoms with Crippen LogP contribution in [0.25, 0.3) is 0 Å². The molecule has 0 unspecified atom stereocenters. The minimum Gasteiger partial charge on any atom is 0 e. The largest absolute Gasteiger partial charge is 0 e. The third-order valence-corrected chi connectivity index (χ3v) is 0. The number of hydrogen-bond acceptors (Lipinski definition) is 1. The molecule has 0 aromatic carbocycles. The fraction of sp³-hybridized carbons (Fsp3) is 0. The molecule has 0 rings (SSSR count). The Bertz CT molecular complexity index is 33.8. The second kappa shape index (κ2) is 10.1. The van der Waals surface area contributed by atoms with E-state index >= 15 is 0 Å². The molecule has 0 radical (unpaired) electrons. The van der Waals surface area contributed by atoms with Gasteiger partial charge in [-0.15, -0.1) is 0 Å². The molecule has 0 saturated heterocycles. The van der Waals surface area contributed by atoms with Crippen LogP contribution >= 0.6 is 0 Å². The van der Waals surface area contributed by atoms with E-state index in [4.69, 9.17) is 15.0 Å². The predicted octanol–water partition coefficient (Wildman–Crippen LogP) is -0.429. The van der Waals surface area contributed by atoms with E-state index in [-0.39, 0.29) is 89.3 Å². The first kappa shape index (κ1) is 15.7. The molecule has 0 aliphatic heterocycles. The van der Waals surface area contributed by atoms with Gasteiger partial charge in [0.25, 0.3) is 0 Å². The van der Waals surface area contributed by atoms with Gasteiger partial charge in [0, 0.05) is 20.4 Å². The number of carbonyl (C=O) groups is 1. The van der Waals surface area contributed by atoms with Gasteiger partial charge in [-0.1, -0.05) is 0 Å². The van der Waals surface area contributed by atoms with Crippen molar-refractivity contribution < 1.29 is 35.4 Å². The Morgan fingerprint density at radius 1 is 1.33 bits per heavy atom. The van der Waals surface area contributed by atoms with Gasteiger partial charge in [-0.25, -0.2) is 4.79 Å². The molecule has 0 aromatic heterocycles. The predicted molar refractivity (Wildman–Crippen MR) is 17.8 cm³/mol. The molecule has 0 bridgehead atoms. The van der Waals surface area contributed by atoms with E-state index in [0.29, 0.717) is 0 Å². The molecular formula is CH3CsO3Pd. The van der Waals surface area contributed by atoms with Crippen LogP contribution in [0.15, 0.2) is 0 Å². The summed E-state index contributed by atoms with van der Waals surface area (Å²) in [6.45, 7) is 0. The van der Waals surface area contributed by atoms with Crippen molar-refractivity contribution in [3.05, 3.63) is 0 Å².